The number of sulfonamides is 1. The molecule has 8 nitrogen and oxygen atoms in total. The number of aromatic amines is 1. The third-order valence-corrected chi connectivity index (χ3v) is 4.93. The highest BCUT2D eigenvalue weighted by atomic mass is 32.2. The van der Waals surface area contributed by atoms with Crippen LogP contribution < -0.4 is 15.9 Å². The number of benzene rings is 2. The predicted molar refractivity (Wildman–Crippen MR) is 97.6 cm³/mol. The highest BCUT2D eigenvalue weighted by molar-refractivity contribution is 7.89. The van der Waals surface area contributed by atoms with E-state index >= 15 is 0 Å². The highest BCUT2D eigenvalue weighted by Gasteiger charge is 2.17. The Labute approximate surface area is 150 Å². The molecular formula is C17H18N4O4S. The summed E-state index contributed by atoms with van der Waals surface area (Å²) in [6.45, 7) is 0.502. The molecule has 0 unspecified atom stereocenters. The van der Waals surface area contributed by atoms with E-state index in [1.165, 1.54) is 12.1 Å². The van der Waals surface area contributed by atoms with E-state index in [1.54, 1.807) is 17.6 Å². The molecule has 9 heteroatoms. The molecule has 0 atom stereocenters. The molecule has 0 radical (unpaired) electrons. The Kier molecular flexibility index (Phi) is 4.94. The molecule has 1 heterocycles. The summed E-state index contributed by atoms with van der Waals surface area (Å²) in [5, 5.41) is 18.0. The number of primary sulfonamides is 1. The van der Waals surface area contributed by atoms with Crippen molar-refractivity contribution < 1.29 is 18.4 Å². The maximum absolute atomic E-state index is 11.9. The monoisotopic (exact) mass is 374 g/mol. The lowest BCUT2D eigenvalue weighted by molar-refractivity contribution is 0.0702. The zero-order chi connectivity index (χ0) is 18.7. The lowest BCUT2D eigenvalue weighted by atomic mass is 10.1. The van der Waals surface area contributed by atoms with Crippen molar-refractivity contribution in [3.63, 3.8) is 0 Å². The van der Waals surface area contributed by atoms with Crippen molar-refractivity contribution in [2.45, 2.75) is 11.3 Å². The van der Waals surface area contributed by atoms with Crippen molar-refractivity contribution in [3.05, 3.63) is 59.8 Å². The van der Waals surface area contributed by atoms with E-state index in [9.17, 15) is 13.2 Å². The molecule has 3 aromatic rings. The van der Waals surface area contributed by atoms with E-state index in [1.807, 2.05) is 24.3 Å². The topological polar surface area (TPSA) is 137 Å². The zero-order valence-electron chi connectivity index (χ0n) is 13.7. The summed E-state index contributed by atoms with van der Waals surface area (Å²) in [4.78, 5) is 14.9. The van der Waals surface area contributed by atoms with Crippen molar-refractivity contribution in [1.82, 2.24) is 10.5 Å². The van der Waals surface area contributed by atoms with Gasteiger partial charge in [-0.1, -0.05) is 30.3 Å². The first-order chi connectivity index (χ1) is 12.4. The van der Waals surface area contributed by atoms with Crippen LogP contribution in [0.2, 0.25) is 0 Å². The Morgan fingerprint density at radius 3 is 2.46 bits per heavy atom. The van der Waals surface area contributed by atoms with Crippen LogP contribution in [-0.2, 0) is 16.4 Å². The van der Waals surface area contributed by atoms with E-state index in [2.05, 4.69) is 10.3 Å². The van der Waals surface area contributed by atoms with Gasteiger partial charge in [0.15, 0.2) is 0 Å². The molecule has 136 valence electrons. The minimum Gasteiger partial charge on any atom is -0.382 e. The van der Waals surface area contributed by atoms with Gasteiger partial charge in [0.1, 0.15) is 5.69 Å². The summed E-state index contributed by atoms with van der Waals surface area (Å²) in [7, 11) is -3.71. The molecule has 26 heavy (non-hydrogen) atoms. The van der Waals surface area contributed by atoms with Gasteiger partial charge in [0, 0.05) is 17.4 Å². The minimum atomic E-state index is -3.71. The summed E-state index contributed by atoms with van der Waals surface area (Å²) in [6.07, 6.45) is 0.602. The van der Waals surface area contributed by atoms with Crippen LogP contribution >= 0.6 is 0 Å². The number of rotatable bonds is 6. The van der Waals surface area contributed by atoms with Crippen LogP contribution in [0.4, 0.5) is 5.69 Å². The molecule has 0 aliphatic carbocycles. The number of hydrogen-bond acceptors (Lipinski definition) is 5. The molecule has 1 aromatic heterocycles. The number of hydroxylamine groups is 1. The van der Waals surface area contributed by atoms with Gasteiger partial charge in [-0.15, -0.1) is 0 Å². The van der Waals surface area contributed by atoms with Gasteiger partial charge >= 0.3 is 0 Å². The van der Waals surface area contributed by atoms with Gasteiger partial charge in [0.05, 0.1) is 10.6 Å². The second-order valence-electron chi connectivity index (χ2n) is 5.73. The Morgan fingerprint density at radius 2 is 1.81 bits per heavy atom. The second-order valence-corrected chi connectivity index (χ2v) is 7.29. The Balaban J connectivity index is 1.76. The molecule has 0 bridgehead atoms. The lowest BCUT2D eigenvalue weighted by Gasteiger charge is -2.08. The number of aromatic nitrogens is 1. The smallest absolute Gasteiger partial charge is 0.293 e. The van der Waals surface area contributed by atoms with Crippen LogP contribution in [0, 0.1) is 0 Å². The van der Waals surface area contributed by atoms with Crippen LogP contribution in [0.3, 0.4) is 0 Å². The fraction of sp³-hybridized carbons (Fsp3) is 0.118. The van der Waals surface area contributed by atoms with Crippen molar-refractivity contribution in [1.29, 1.82) is 0 Å². The molecule has 2 aromatic carbocycles. The summed E-state index contributed by atoms with van der Waals surface area (Å²) in [6, 6.07) is 13.7. The summed E-state index contributed by atoms with van der Waals surface area (Å²) < 4.78 is 22.5. The van der Waals surface area contributed by atoms with Gasteiger partial charge in [-0.25, -0.2) is 19.0 Å². The molecule has 1 amide bonds. The predicted octanol–water partition coefficient (Wildman–Crippen LogP) is 1.59. The third-order valence-electron chi connectivity index (χ3n) is 4.00. The van der Waals surface area contributed by atoms with Crippen molar-refractivity contribution in [2.75, 3.05) is 11.9 Å². The Morgan fingerprint density at radius 1 is 1.12 bits per heavy atom. The Bertz CT molecular complexity index is 1040. The van der Waals surface area contributed by atoms with Crippen LogP contribution in [-0.4, -0.2) is 31.1 Å². The number of H-pyrrole nitrogens is 1. The number of carbonyl (C=O) groups is 1. The molecule has 0 spiro atoms. The van der Waals surface area contributed by atoms with Gasteiger partial charge in [-0.3, -0.25) is 10.0 Å². The van der Waals surface area contributed by atoms with Crippen molar-refractivity contribution >= 4 is 32.5 Å². The molecule has 6 N–H and O–H groups in total. The molecule has 0 aliphatic rings. The molecule has 0 fully saturated rings. The quantitative estimate of drug-likeness (QED) is 0.329. The van der Waals surface area contributed by atoms with E-state index in [0.29, 0.717) is 18.7 Å². The van der Waals surface area contributed by atoms with E-state index < -0.39 is 15.9 Å². The van der Waals surface area contributed by atoms with E-state index in [-0.39, 0.29) is 10.6 Å². The average molecular weight is 374 g/mol. The van der Waals surface area contributed by atoms with Gasteiger partial charge in [0.25, 0.3) is 5.91 Å². The van der Waals surface area contributed by atoms with E-state index in [4.69, 9.17) is 10.3 Å². The van der Waals surface area contributed by atoms with Gasteiger partial charge in [0.2, 0.25) is 10.0 Å². The molecule has 0 saturated heterocycles. The number of para-hydroxylation sites is 1. The van der Waals surface area contributed by atoms with Crippen LogP contribution in [0.5, 0.6) is 0 Å². The lowest BCUT2D eigenvalue weighted by Crippen LogP contribution is -2.20. The summed E-state index contributed by atoms with van der Waals surface area (Å²) in [5.41, 5.74) is 4.14. The van der Waals surface area contributed by atoms with Gasteiger partial charge in [-0.05, 0) is 30.2 Å². The normalized spacial score (nSPS) is 11.5. The fourth-order valence-corrected chi connectivity index (χ4v) is 3.24. The van der Waals surface area contributed by atoms with E-state index in [0.717, 1.165) is 16.5 Å². The van der Waals surface area contributed by atoms with Crippen molar-refractivity contribution in [3.8, 4) is 0 Å². The molecule has 3 rings (SSSR count). The first kappa shape index (κ1) is 17.9. The van der Waals surface area contributed by atoms with Crippen molar-refractivity contribution in [2.24, 2.45) is 5.14 Å². The molecule has 0 aliphatic heterocycles. The first-order valence-corrected chi connectivity index (χ1v) is 9.35. The number of amides is 1. The third kappa shape index (κ3) is 3.69. The van der Waals surface area contributed by atoms with Crippen LogP contribution in [0.25, 0.3) is 10.9 Å². The standard InChI is InChI=1S/C17H18N4O4S/c18-26(24,25)12-7-5-11(6-8-12)9-10-19-15-13-3-1-2-4-14(13)20-16(15)17(22)21-23/h1-8,19-20,23H,9-10H2,(H,21,22)(H2,18,24,25). The number of carbonyl (C=O) groups excluding carboxylic acids is 1. The average Bonchev–Trinajstić information content (AvgIpc) is 2.99. The highest BCUT2D eigenvalue weighted by Crippen LogP contribution is 2.27. The molecular weight excluding hydrogens is 356 g/mol. The second kappa shape index (κ2) is 7.16. The SMILES string of the molecule is NS(=O)(=O)c1ccc(CCNc2c(C(=O)NO)[nH]c3ccccc23)cc1. The van der Waals surface area contributed by atoms with Crippen LogP contribution in [0.15, 0.2) is 53.4 Å². The molecule has 0 saturated carbocycles. The number of nitrogens with two attached hydrogens (primary N) is 1. The maximum Gasteiger partial charge on any atom is 0.293 e. The minimum absolute atomic E-state index is 0.0627. The number of fused-ring (bicyclic) bond motifs is 1. The number of anilines is 1. The number of nitrogens with one attached hydrogen (secondary N) is 3. The number of hydrogen-bond donors (Lipinski definition) is 5. The van der Waals surface area contributed by atoms with Gasteiger partial charge in [-0.2, -0.15) is 0 Å². The zero-order valence-corrected chi connectivity index (χ0v) is 14.5. The van der Waals surface area contributed by atoms with Crippen LogP contribution in [0.1, 0.15) is 16.1 Å². The first-order valence-electron chi connectivity index (χ1n) is 7.81. The fourth-order valence-electron chi connectivity index (χ4n) is 2.73. The summed E-state index contributed by atoms with van der Waals surface area (Å²) >= 11 is 0. The van der Waals surface area contributed by atoms with Gasteiger partial charge < -0.3 is 10.3 Å². The maximum atomic E-state index is 11.9. The Hall–Kier alpha value is -2.88. The largest absolute Gasteiger partial charge is 0.382 e. The summed E-state index contributed by atoms with van der Waals surface area (Å²) in [5.74, 6) is -0.638.